The predicted octanol–water partition coefficient (Wildman–Crippen LogP) is 3.56. The molecule has 1 fully saturated rings. The van der Waals surface area contributed by atoms with Crippen LogP contribution in [0.25, 0.3) is 0 Å². The van der Waals surface area contributed by atoms with Crippen molar-refractivity contribution in [1.29, 1.82) is 0 Å². The summed E-state index contributed by atoms with van der Waals surface area (Å²) in [5.41, 5.74) is 5.33. The first-order valence-corrected chi connectivity index (χ1v) is 8.48. The number of carbonyl (C=O) groups is 1. The highest BCUT2D eigenvalue weighted by Gasteiger charge is 2.41. The van der Waals surface area contributed by atoms with Crippen molar-refractivity contribution in [2.75, 3.05) is 6.54 Å². The molecule has 4 heteroatoms. The molecule has 3 nitrogen and oxygen atoms in total. The zero-order chi connectivity index (χ0) is 15.0. The molecule has 1 saturated carbocycles. The molecule has 1 amide bonds. The molecule has 116 valence electrons. The van der Waals surface area contributed by atoms with E-state index in [1.807, 2.05) is 0 Å². The zero-order valence-corrected chi connectivity index (χ0v) is 13.9. The van der Waals surface area contributed by atoms with Crippen LogP contribution in [0.3, 0.4) is 0 Å². The van der Waals surface area contributed by atoms with Gasteiger partial charge in [0.15, 0.2) is 0 Å². The number of carbonyl (C=O) groups excluding carboxylic acids is 1. The normalized spacial score (nSPS) is 18.6. The van der Waals surface area contributed by atoms with E-state index in [0.29, 0.717) is 4.99 Å². The number of hydrogen-bond donors (Lipinski definition) is 2. The molecule has 0 aromatic carbocycles. The van der Waals surface area contributed by atoms with Crippen LogP contribution in [-0.2, 0) is 4.79 Å². The molecular formula is C16H30N2OS. The van der Waals surface area contributed by atoms with Crippen molar-refractivity contribution >= 4 is 23.1 Å². The van der Waals surface area contributed by atoms with Crippen LogP contribution >= 0.6 is 12.2 Å². The van der Waals surface area contributed by atoms with E-state index >= 15 is 0 Å². The molecular weight excluding hydrogens is 268 g/mol. The Morgan fingerprint density at radius 1 is 1.20 bits per heavy atom. The second-order valence-electron chi connectivity index (χ2n) is 6.51. The second-order valence-corrected chi connectivity index (χ2v) is 6.95. The minimum absolute atomic E-state index is 0.0662. The quantitative estimate of drug-likeness (QED) is 0.429. The summed E-state index contributed by atoms with van der Waals surface area (Å²) in [6.45, 7) is 5.20. The van der Waals surface area contributed by atoms with Crippen molar-refractivity contribution in [3.05, 3.63) is 0 Å². The third-order valence-electron chi connectivity index (χ3n) is 4.36. The van der Waals surface area contributed by atoms with Crippen LogP contribution in [0.2, 0.25) is 0 Å². The van der Waals surface area contributed by atoms with E-state index in [4.69, 9.17) is 18.0 Å². The summed E-state index contributed by atoms with van der Waals surface area (Å²) in [5.74, 6) is 0.798. The predicted molar refractivity (Wildman–Crippen MR) is 88.6 cm³/mol. The van der Waals surface area contributed by atoms with Gasteiger partial charge in [0.2, 0.25) is 5.91 Å². The maximum atomic E-state index is 12.5. The summed E-state index contributed by atoms with van der Waals surface area (Å²) in [4.78, 5) is 12.9. The third-order valence-corrected chi connectivity index (χ3v) is 4.75. The molecule has 0 saturated heterocycles. The monoisotopic (exact) mass is 298 g/mol. The molecule has 0 radical (unpaired) electrons. The first-order chi connectivity index (χ1) is 9.49. The summed E-state index contributed by atoms with van der Waals surface area (Å²) >= 11 is 5.22. The summed E-state index contributed by atoms with van der Waals surface area (Å²) in [6, 6.07) is 0. The maximum Gasteiger partial charge on any atom is 0.233 e. The van der Waals surface area contributed by atoms with E-state index in [9.17, 15) is 4.79 Å². The number of unbranched alkanes of at least 4 members (excludes halogenated alkanes) is 1. The number of nitrogens with one attached hydrogen (secondary N) is 1. The van der Waals surface area contributed by atoms with Gasteiger partial charge in [0, 0.05) is 6.54 Å². The minimum atomic E-state index is -0.579. The summed E-state index contributed by atoms with van der Waals surface area (Å²) < 4.78 is 0. The van der Waals surface area contributed by atoms with Crippen LogP contribution in [0.15, 0.2) is 0 Å². The van der Waals surface area contributed by atoms with Gasteiger partial charge in [-0.2, -0.15) is 0 Å². The van der Waals surface area contributed by atoms with E-state index in [1.54, 1.807) is 0 Å². The average Bonchev–Trinajstić information content (AvgIpc) is 2.64. The largest absolute Gasteiger partial charge is 0.392 e. The van der Waals surface area contributed by atoms with Crippen LogP contribution in [0.4, 0.5) is 0 Å². The smallest absolute Gasteiger partial charge is 0.233 e. The lowest BCUT2D eigenvalue weighted by Crippen LogP contribution is -2.49. The Bertz CT molecular complexity index is 320. The maximum absolute atomic E-state index is 12.5. The van der Waals surface area contributed by atoms with E-state index in [0.717, 1.165) is 51.0 Å². The van der Waals surface area contributed by atoms with E-state index in [1.165, 1.54) is 19.3 Å². The Hall–Kier alpha value is -0.640. The molecule has 1 aliphatic rings. The van der Waals surface area contributed by atoms with E-state index in [2.05, 4.69) is 19.2 Å². The molecule has 0 unspecified atom stereocenters. The Kier molecular flexibility index (Phi) is 7.49. The summed E-state index contributed by atoms with van der Waals surface area (Å²) in [5, 5.41) is 3.07. The van der Waals surface area contributed by atoms with E-state index < -0.39 is 5.41 Å². The molecule has 3 N–H and O–H groups in total. The van der Waals surface area contributed by atoms with Gasteiger partial charge in [-0.3, -0.25) is 4.79 Å². The molecule has 1 aliphatic carbocycles. The van der Waals surface area contributed by atoms with Crippen LogP contribution < -0.4 is 11.1 Å². The topological polar surface area (TPSA) is 55.1 Å². The molecule has 1 rings (SSSR count). The van der Waals surface area contributed by atoms with Crippen molar-refractivity contribution in [3.8, 4) is 0 Å². The van der Waals surface area contributed by atoms with Gasteiger partial charge in [0.25, 0.3) is 0 Å². The third kappa shape index (κ3) is 5.04. The van der Waals surface area contributed by atoms with Crippen molar-refractivity contribution in [3.63, 3.8) is 0 Å². The Labute approximate surface area is 129 Å². The summed E-state index contributed by atoms with van der Waals surface area (Å²) in [7, 11) is 0. The van der Waals surface area contributed by atoms with Gasteiger partial charge in [-0.25, -0.2) is 0 Å². The van der Waals surface area contributed by atoms with Crippen molar-refractivity contribution < 1.29 is 4.79 Å². The van der Waals surface area contributed by atoms with E-state index in [-0.39, 0.29) is 5.91 Å². The molecule has 20 heavy (non-hydrogen) atoms. The van der Waals surface area contributed by atoms with Gasteiger partial charge in [0.1, 0.15) is 0 Å². The van der Waals surface area contributed by atoms with Crippen molar-refractivity contribution in [2.24, 2.45) is 17.1 Å². The highest BCUT2D eigenvalue weighted by atomic mass is 32.1. The van der Waals surface area contributed by atoms with Gasteiger partial charge in [-0.05, 0) is 25.2 Å². The molecule has 0 bridgehead atoms. The van der Waals surface area contributed by atoms with Gasteiger partial charge in [-0.15, -0.1) is 0 Å². The highest BCUT2D eigenvalue weighted by Crippen LogP contribution is 2.35. The first kappa shape index (κ1) is 17.4. The molecule has 0 heterocycles. The number of nitrogens with two attached hydrogens (primary N) is 1. The van der Waals surface area contributed by atoms with Crippen molar-refractivity contribution in [2.45, 2.75) is 71.6 Å². The lowest BCUT2D eigenvalue weighted by atomic mass is 9.79. The van der Waals surface area contributed by atoms with Crippen LogP contribution in [0.1, 0.15) is 71.6 Å². The van der Waals surface area contributed by atoms with Gasteiger partial charge < -0.3 is 11.1 Å². The number of amides is 1. The lowest BCUT2D eigenvalue weighted by Gasteiger charge is -2.30. The minimum Gasteiger partial charge on any atom is -0.392 e. The standard InChI is InChI=1S/C16H30N2OS/c1-13(2)9-5-8-12-18-15(19)16(14(17)20)10-6-3-4-7-11-16/h13H,3-12H2,1-2H3,(H2,17,20)(H,18,19). The Balaban J connectivity index is 2.46. The van der Waals surface area contributed by atoms with Crippen LogP contribution in [0.5, 0.6) is 0 Å². The fourth-order valence-corrected chi connectivity index (χ4v) is 3.26. The SMILES string of the molecule is CC(C)CCCCNC(=O)C1(C(N)=S)CCCCCC1. The van der Waals surface area contributed by atoms with Crippen molar-refractivity contribution in [1.82, 2.24) is 5.32 Å². The number of rotatable bonds is 7. The van der Waals surface area contributed by atoms with Crippen LogP contribution in [0, 0.1) is 11.3 Å². The first-order valence-electron chi connectivity index (χ1n) is 8.07. The number of hydrogen-bond acceptors (Lipinski definition) is 2. The molecule has 0 spiro atoms. The average molecular weight is 298 g/mol. The fourth-order valence-electron chi connectivity index (χ4n) is 2.97. The number of thiocarbonyl (C=S) groups is 1. The van der Waals surface area contributed by atoms with Crippen LogP contribution in [-0.4, -0.2) is 17.4 Å². The molecule has 0 atom stereocenters. The Morgan fingerprint density at radius 2 is 1.80 bits per heavy atom. The van der Waals surface area contributed by atoms with Gasteiger partial charge in [0.05, 0.1) is 10.4 Å². The zero-order valence-electron chi connectivity index (χ0n) is 13.0. The second kappa shape index (κ2) is 8.60. The molecule has 0 aliphatic heterocycles. The molecule has 0 aromatic heterocycles. The lowest BCUT2D eigenvalue weighted by molar-refractivity contribution is -0.128. The van der Waals surface area contributed by atoms with Gasteiger partial charge >= 0.3 is 0 Å². The Morgan fingerprint density at radius 3 is 2.30 bits per heavy atom. The summed E-state index contributed by atoms with van der Waals surface area (Å²) in [6.07, 6.45) is 9.54. The van der Waals surface area contributed by atoms with Gasteiger partial charge in [-0.1, -0.05) is 64.6 Å². The molecule has 0 aromatic rings. The fraction of sp³-hybridized carbons (Fsp3) is 0.875. The highest BCUT2D eigenvalue weighted by molar-refractivity contribution is 7.80.